The molecule has 0 spiro atoms. The first-order valence-corrected chi connectivity index (χ1v) is 8.05. The number of ether oxygens (including phenoxy) is 3. The summed E-state index contributed by atoms with van der Waals surface area (Å²) >= 11 is 0. The third-order valence-electron chi connectivity index (χ3n) is 3.27. The molecule has 8 nitrogen and oxygen atoms in total. The Balaban J connectivity index is 0.00000301. The van der Waals surface area contributed by atoms with Crippen LogP contribution in [0.1, 0.15) is 29.8 Å². The first-order valence-electron chi connectivity index (χ1n) is 8.05. The van der Waals surface area contributed by atoms with Gasteiger partial charge >= 0.3 is 11.9 Å². The van der Waals surface area contributed by atoms with Crippen molar-refractivity contribution in [1.29, 1.82) is 0 Å². The van der Waals surface area contributed by atoms with E-state index in [4.69, 9.17) is 17.5 Å². The predicted octanol–water partition coefficient (Wildman–Crippen LogP) is 0.381. The van der Waals surface area contributed by atoms with Crippen molar-refractivity contribution < 1.29 is 28.6 Å². The van der Waals surface area contributed by atoms with E-state index in [2.05, 4.69) is 15.3 Å². The Labute approximate surface area is 155 Å². The molecule has 0 bridgehead atoms. The van der Waals surface area contributed by atoms with E-state index in [0.717, 1.165) is 0 Å². The zero-order valence-corrected chi connectivity index (χ0v) is 15.8. The summed E-state index contributed by atoms with van der Waals surface area (Å²) in [7, 11) is 9.22. The second-order valence-electron chi connectivity index (χ2n) is 4.74. The van der Waals surface area contributed by atoms with Crippen molar-refractivity contribution in [3.8, 4) is 5.75 Å². The zero-order valence-electron chi connectivity index (χ0n) is 15.8. The minimum absolute atomic E-state index is 0.141. The number of benzene rings is 1. The Morgan fingerprint density at radius 3 is 2.31 bits per heavy atom. The smallest absolute Gasteiger partial charge is 0.343 e. The van der Waals surface area contributed by atoms with E-state index in [1.165, 1.54) is 26.4 Å². The molecule has 26 heavy (non-hydrogen) atoms. The summed E-state index contributed by atoms with van der Waals surface area (Å²) in [4.78, 5) is 34.7. The van der Waals surface area contributed by atoms with Gasteiger partial charge < -0.3 is 24.8 Å². The van der Waals surface area contributed by atoms with Gasteiger partial charge in [0.05, 0.1) is 20.3 Å². The van der Waals surface area contributed by atoms with Gasteiger partial charge in [-0.15, -0.1) is 0 Å². The molecule has 1 atom stereocenters. The summed E-state index contributed by atoms with van der Waals surface area (Å²) in [5.74, 6) is -1.41. The van der Waals surface area contributed by atoms with E-state index in [0.29, 0.717) is 12.0 Å². The van der Waals surface area contributed by atoms with Gasteiger partial charge in [-0.3, -0.25) is 4.79 Å². The van der Waals surface area contributed by atoms with Gasteiger partial charge in [-0.25, -0.2) is 9.59 Å². The normalized spacial score (nSPS) is 10.7. The highest BCUT2D eigenvalue weighted by Gasteiger charge is 2.19. The lowest BCUT2D eigenvalue weighted by molar-refractivity contribution is -0.142. The molecule has 0 heterocycles. The van der Waals surface area contributed by atoms with Crippen LogP contribution in [-0.2, 0) is 25.5 Å². The van der Waals surface area contributed by atoms with E-state index >= 15 is 0 Å². The fraction of sp³-hybridized carbons (Fsp3) is 0.471. The van der Waals surface area contributed by atoms with Crippen molar-refractivity contribution in [2.45, 2.75) is 26.3 Å². The molecule has 1 aromatic rings. The fourth-order valence-corrected chi connectivity index (χ4v) is 1.96. The van der Waals surface area contributed by atoms with Gasteiger partial charge in [0.2, 0.25) is 13.9 Å². The van der Waals surface area contributed by atoms with Crippen LogP contribution in [0, 0.1) is 0 Å². The van der Waals surface area contributed by atoms with E-state index in [-0.39, 0.29) is 23.8 Å². The Kier molecular flexibility index (Phi) is 11.5. The highest BCUT2D eigenvalue weighted by atomic mass is 16.6. The molecule has 1 rings (SSSR count). The molecule has 2 N–H and O–H groups in total. The number of nitrogens with one attached hydrogen (secondary N) is 2. The lowest BCUT2D eigenvalue weighted by Gasteiger charge is -2.16. The summed E-state index contributed by atoms with van der Waals surface area (Å²) in [6, 6.07) is 4.17. The van der Waals surface area contributed by atoms with Gasteiger partial charge in [0.25, 0.3) is 0 Å². The largest absolute Gasteiger partial charge is 0.481 e. The summed E-state index contributed by atoms with van der Waals surface area (Å²) in [5.41, 5.74) is 0.825. The van der Waals surface area contributed by atoms with Crippen LogP contribution < -0.4 is 15.3 Å². The first kappa shape index (κ1) is 23.5. The zero-order chi connectivity index (χ0) is 20.1. The molecule has 142 valence electrons. The lowest BCUT2D eigenvalue weighted by atomic mass is 10.0. The van der Waals surface area contributed by atoms with Crippen molar-refractivity contribution >= 4 is 25.8 Å². The predicted molar refractivity (Wildman–Crippen MR) is 97.1 cm³/mol. The minimum Gasteiger partial charge on any atom is -0.481 e. The van der Waals surface area contributed by atoms with Crippen LogP contribution in [0.25, 0.3) is 0 Å². The van der Waals surface area contributed by atoms with Gasteiger partial charge in [0.15, 0.2) is 6.61 Å². The van der Waals surface area contributed by atoms with E-state index in [1.54, 1.807) is 13.1 Å². The number of rotatable bonds is 8. The molecule has 1 amide bonds. The molecule has 0 saturated heterocycles. The van der Waals surface area contributed by atoms with Crippen LogP contribution in [0.3, 0.4) is 0 Å². The van der Waals surface area contributed by atoms with Crippen molar-refractivity contribution in [2.24, 2.45) is 0 Å². The summed E-state index contributed by atoms with van der Waals surface area (Å²) in [6.45, 7) is 3.66. The molecule has 9 heteroatoms. The number of hydrogen-bond donors (Lipinski definition) is 2. The number of methoxy groups -OCH3 is 2. The third-order valence-corrected chi connectivity index (χ3v) is 3.27. The van der Waals surface area contributed by atoms with E-state index in [9.17, 15) is 14.4 Å². The Bertz CT molecular complexity index is 609. The number of esters is 2. The highest BCUT2D eigenvalue weighted by Crippen LogP contribution is 2.22. The van der Waals surface area contributed by atoms with Crippen molar-refractivity contribution in [2.75, 3.05) is 27.9 Å². The average molecular weight is 364 g/mol. The van der Waals surface area contributed by atoms with Crippen LogP contribution in [0.5, 0.6) is 5.75 Å². The second-order valence-corrected chi connectivity index (χ2v) is 4.74. The molecule has 0 saturated carbocycles. The van der Waals surface area contributed by atoms with Crippen molar-refractivity contribution in [3.05, 3.63) is 29.3 Å². The number of carbonyl (C=O) groups is 3. The molecule has 0 unspecified atom stereocenters. The fourth-order valence-electron chi connectivity index (χ4n) is 1.96. The van der Waals surface area contributed by atoms with Crippen LogP contribution >= 0.6 is 0 Å². The number of hydrogen-bond acceptors (Lipinski definition) is 7. The standard InChI is InChI=1S/C15H19BN2O6.C2H6/c1-17-11(14(20)18-16)7-9-4-5-12(24-8-13(19)22-2)10(6-9)15(21)23-3;1-2/h4-6,11,17H,7-8H2,1-3H3,(H,18,20);1-2H3/t11-;/m0./s1. The number of carbonyl (C=O) groups excluding carboxylic acids is 3. The number of amides is 1. The topological polar surface area (TPSA) is 103 Å². The molecule has 2 radical (unpaired) electrons. The molecule has 0 fully saturated rings. The Morgan fingerprint density at radius 1 is 1.15 bits per heavy atom. The van der Waals surface area contributed by atoms with Crippen molar-refractivity contribution in [3.63, 3.8) is 0 Å². The van der Waals surface area contributed by atoms with E-state index in [1.807, 2.05) is 13.8 Å². The monoisotopic (exact) mass is 364 g/mol. The van der Waals surface area contributed by atoms with Crippen LogP contribution in [-0.4, -0.2) is 59.7 Å². The SMILES string of the molecule is CC.[B]NC(=O)[C@H](Cc1ccc(OCC(=O)OC)c(C(=O)OC)c1)NC. The maximum Gasteiger partial charge on any atom is 0.343 e. The quantitative estimate of drug-likeness (QED) is 0.508. The molecule has 0 aromatic heterocycles. The van der Waals surface area contributed by atoms with Gasteiger partial charge in [-0.05, 0) is 31.2 Å². The summed E-state index contributed by atoms with van der Waals surface area (Å²) < 4.78 is 14.5. The molecule has 0 aliphatic carbocycles. The first-order chi connectivity index (χ1) is 12.5. The highest BCUT2D eigenvalue weighted by molar-refractivity contribution is 6.15. The molecular formula is C17H25BN2O6. The summed E-state index contributed by atoms with van der Waals surface area (Å²) in [6.07, 6.45) is 0.292. The maximum atomic E-state index is 11.9. The van der Waals surface area contributed by atoms with Gasteiger partial charge in [0.1, 0.15) is 11.3 Å². The molecule has 1 aromatic carbocycles. The Morgan fingerprint density at radius 2 is 1.81 bits per heavy atom. The molecular weight excluding hydrogens is 339 g/mol. The summed E-state index contributed by atoms with van der Waals surface area (Å²) in [5, 5.41) is 4.89. The van der Waals surface area contributed by atoms with Gasteiger partial charge in [0, 0.05) is 0 Å². The second kappa shape index (κ2) is 12.8. The number of likely N-dealkylation sites (N-methyl/N-ethyl adjacent to an activating group) is 1. The van der Waals surface area contributed by atoms with Crippen LogP contribution in [0.15, 0.2) is 18.2 Å². The van der Waals surface area contributed by atoms with Crippen molar-refractivity contribution in [1.82, 2.24) is 10.5 Å². The van der Waals surface area contributed by atoms with Gasteiger partial charge in [-0.2, -0.15) is 0 Å². The van der Waals surface area contributed by atoms with Crippen LogP contribution in [0.4, 0.5) is 0 Å². The molecule has 0 aliphatic heterocycles. The minimum atomic E-state index is -0.624. The maximum absolute atomic E-state index is 11.9. The van der Waals surface area contributed by atoms with Gasteiger partial charge in [-0.1, -0.05) is 19.9 Å². The third kappa shape index (κ3) is 7.14. The van der Waals surface area contributed by atoms with Crippen LogP contribution in [0.2, 0.25) is 0 Å². The lowest BCUT2D eigenvalue weighted by Crippen LogP contribution is -2.43. The van der Waals surface area contributed by atoms with E-state index < -0.39 is 18.0 Å². The molecule has 0 aliphatic rings. The Hall–Kier alpha value is -2.55. The average Bonchev–Trinajstić information content (AvgIpc) is 2.70.